The summed E-state index contributed by atoms with van der Waals surface area (Å²) >= 11 is 1.46. The van der Waals surface area contributed by atoms with Crippen LogP contribution in [0.4, 0.5) is 0 Å². The fourth-order valence-corrected chi connectivity index (χ4v) is 3.62. The first-order chi connectivity index (χ1) is 13.6. The van der Waals surface area contributed by atoms with Gasteiger partial charge in [-0.15, -0.1) is 10.2 Å². The van der Waals surface area contributed by atoms with Crippen molar-refractivity contribution in [3.05, 3.63) is 59.3 Å². The van der Waals surface area contributed by atoms with Gasteiger partial charge in [0, 0.05) is 29.7 Å². The number of aryl methyl sites for hydroxylation is 1. The molecule has 0 aliphatic heterocycles. The maximum atomic E-state index is 11.1. The molecule has 0 saturated heterocycles. The van der Waals surface area contributed by atoms with Gasteiger partial charge in [0.05, 0.1) is 19.9 Å². The van der Waals surface area contributed by atoms with Crippen molar-refractivity contribution in [2.75, 3.05) is 7.11 Å². The average molecular weight is 400 g/mol. The summed E-state index contributed by atoms with van der Waals surface area (Å²) in [6, 6.07) is 8.95. The lowest BCUT2D eigenvalue weighted by Gasteiger charge is -2.10. The maximum absolute atomic E-state index is 11.1. The average Bonchev–Trinajstić information content (AvgIpc) is 3.35. The Morgan fingerprint density at radius 3 is 2.89 bits per heavy atom. The summed E-state index contributed by atoms with van der Waals surface area (Å²) in [5.74, 6) is 2.26. The monoisotopic (exact) mass is 400 g/mol. The molecular weight excluding hydrogens is 380 g/mol. The van der Waals surface area contributed by atoms with Crippen LogP contribution in [0.5, 0.6) is 5.75 Å². The third-order valence-electron chi connectivity index (χ3n) is 4.08. The molecule has 0 radical (unpaired) electrons. The van der Waals surface area contributed by atoms with E-state index in [1.165, 1.54) is 11.8 Å². The van der Waals surface area contributed by atoms with Gasteiger partial charge in [0.15, 0.2) is 5.16 Å². The molecule has 2 aromatic heterocycles. The molecule has 1 aromatic carbocycles. The molecule has 0 aliphatic carbocycles. The number of aldehydes is 1. The van der Waals surface area contributed by atoms with Crippen molar-refractivity contribution in [3.63, 3.8) is 0 Å². The molecule has 0 atom stereocenters. The number of primary amides is 1. The molecule has 0 saturated carbocycles. The second-order valence-corrected chi connectivity index (χ2v) is 6.95. The number of nitrogens with two attached hydrogens (primary N) is 1. The lowest BCUT2D eigenvalue weighted by molar-refractivity contribution is -0.118. The second-order valence-electron chi connectivity index (χ2n) is 6.01. The van der Waals surface area contributed by atoms with Gasteiger partial charge in [0.2, 0.25) is 5.91 Å². The summed E-state index contributed by atoms with van der Waals surface area (Å²) in [7, 11) is 1.59. The van der Waals surface area contributed by atoms with Crippen LogP contribution in [0, 0.1) is 0 Å². The van der Waals surface area contributed by atoms with Gasteiger partial charge in [-0.1, -0.05) is 11.8 Å². The Hall–Kier alpha value is -3.07. The number of methoxy groups -OCH3 is 1. The molecule has 1 amide bonds. The highest BCUT2D eigenvalue weighted by atomic mass is 32.2. The van der Waals surface area contributed by atoms with Crippen molar-refractivity contribution in [1.29, 1.82) is 0 Å². The first-order valence-corrected chi connectivity index (χ1v) is 9.57. The minimum absolute atomic E-state index is 0.191. The van der Waals surface area contributed by atoms with Crippen molar-refractivity contribution in [2.24, 2.45) is 5.73 Å². The van der Waals surface area contributed by atoms with Gasteiger partial charge >= 0.3 is 0 Å². The SMILES string of the molecule is COc1ccc(C=O)cc1CSc1nnc(CCC(N)=O)n1Cc1ccco1. The second kappa shape index (κ2) is 9.23. The van der Waals surface area contributed by atoms with E-state index in [-0.39, 0.29) is 6.42 Å². The zero-order valence-corrected chi connectivity index (χ0v) is 16.1. The van der Waals surface area contributed by atoms with E-state index in [9.17, 15) is 9.59 Å². The largest absolute Gasteiger partial charge is 0.496 e. The smallest absolute Gasteiger partial charge is 0.217 e. The van der Waals surface area contributed by atoms with Crippen molar-refractivity contribution >= 4 is 24.0 Å². The van der Waals surface area contributed by atoms with Gasteiger partial charge in [-0.25, -0.2) is 0 Å². The number of carbonyl (C=O) groups is 2. The van der Waals surface area contributed by atoms with E-state index >= 15 is 0 Å². The molecule has 2 heterocycles. The first-order valence-electron chi connectivity index (χ1n) is 8.58. The molecule has 146 valence electrons. The highest BCUT2D eigenvalue weighted by molar-refractivity contribution is 7.98. The topological polar surface area (TPSA) is 113 Å². The van der Waals surface area contributed by atoms with Crippen LogP contribution < -0.4 is 10.5 Å². The number of hydrogen-bond acceptors (Lipinski definition) is 7. The molecule has 3 rings (SSSR count). The summed E-state index contributed by atoms with van der Waals surface area (Å²) in [5.41, 5.74) is 6.72. The Bertz CT molecular complexity index is 953. The summed E-state index contributed by atoms with van der Waals surface area (Å²) in [5, 5.41) is 9.15. The lowest BCUT2D eigenvalue weighted by atomic mass is 10.1. The summed E-state index contributed by atoms with van der Waals surface area (Å²) in [6.45, 7) is 0.446. The normalized spacial score (nSPS) is 10.8. The van der Waals surface area contributed by atoms with Gasteiger partial charge in [0.25, 0.3) is 0 Å². The Morgan fingerprint density at radius 2 is 2.21 bits per heavy atom. The van der Waals surface area contributed by atoms with E-state index in [4.69, 9.17) is 14.9 Å². The molecule has 28 heavy (non-hydrogen) atoms. The standard InChI is InChI=1S/C19H20N4O4S/c1-26-16-5-4-13(11-24)9-14(16)12-28-19-22-21-18(7-6-17(20)25)23(19)10-15-3-2-8-27-15/h2-5,8-9,11H,6-7,10,12H2,1H3,(H2,20,25). The van der Waals surface area contributed by atoms with E-state index in [0.29, 0.717) is 41.0 Å². The minimum atomic E-state index is -0.392. The highest BCUT2D eigenvalue weighted by Gasteiger charge is 2.16. The first kappa shape index (κ1) is 19.7. The minimum Gasteiger partial charge on any atom is -0.496 e. The van der Waals surface area contributed by atoms with Crippen molar-refractivity contribution in [3.8, 4) is 5.75 Å². The number of furan rings is 1. The van der Waals surface area contributed by atoms with Gasteiger partial charge < -0.3 is 14.9 Å². The maximum Gasteiger partial charge on any atom is 0.217 e. The molecule has 8 nitrogen and oxygen atoms in total. The highest BCUT2D eigenvalue weighted by Crippen LogP contribution is 2.29. The number of aromatic nitrogens is 3. The molecule has 0 spiro atoms. The zero-order valence-electron chi connectivity index (χ0n) is 15.3. The number of carbonyl (C=O) groups excluding carboxylic acids is 2. The molecule has 2 N–H and O–H groups in total. The van der Waals surface area contributed by atoms with E-state index in [2.05, 4.69) is 10.2 Å². The summed E-state index contributed by atoms with van der Waals surface area (Å²) in [4.78, 5) is 22.2. The van der Waals surface area contributed by atoms with Crippen LogP contribution in [-0.2, 0) is 23.5 Å². The fraction of sp³-hybridized carbons (Fsp3) is 0.263. The number of nitrogens with zero attached hydrogens (tertiary/aromatic N) is 3. The van der Waals surface area contributed by atoms with Crippen LogP contribution in [0.3, 0.4) is 0 Å². The number of hydrogen-bond donors (Lipinski definition) is 1. The number of amides is 1. The molecule has 9 heteroatoms. The molecule has 0 unspecified atom stereocenters. The number of benzene rings is 1. The van der Waals surface area contributed by atoms with Crippen LogP contribution in [-0.4, -0.2) is 34.1 Å². The quantitative estimate of drug-likeness (QED) is 0.411. The van der Waals surface area contributed by atoms with Gasteiger partial charge in [-0.2, -0.15) is 0 Å². The van der Waals surface area contributed by atoms with E-state index in [1.807, 2.05) is 16.7 Å². The Kier molecular flexibility index (Phi) is 6.49. The van der Waals surface area contributed by atoms with E-state index < -0.39 is 5.91 Å². The van der Waals surface area contributed by atoms with Gasteiger partial charge in [-0.3, -0.25) is 14.2 Å². The molecule has 3 aromatic rings. The van der Waals surface area contributed by atoms with Gasteiger partial charge in [-0.05, 0) is 30.3 Å². The molecule has 0 bridgehead atoms. The Balaban J connectivity index is 1.83. The van der Waals surface area contributed by atoms with Crippen LogP contribution in [0.1, 0.15) is 33.9 Å². The fourth-order valence-electron chi connectivity index (χ4n) is 2.69. The van der Waals surface area contributed by atoms with Gasteiger partial charge in [0.1, 0.15) is 23.6 Å². The third-order valence-corrected chi connectivity index (χ3v) is 5.10. The molecular formula is C19H20N4O4S. The Labute approximate surface area is 166 Å². The van der Waals surface area contributed by atoms with Crippen LogP contribution in [0.15, 0.2) is 46.2 Å². The van der Waals surface area contributed by atoms with Crippen molar-refractivity contribution < 1.29 is 18.7 Å². The van der Waals surface area contributed by atoms with E-state index in [0.717, 1.165) is 17.6 Å². The van der Waals surface area contributed by atoms with Crippen LogP contribution in [0.25, 0.3) is 0 Å². The number of thioether (sulfide) groups is 1. The number of rotatable bonds is 10. The van der Waals surface area contributed by atoms with Crippen LogP contribution >= 0.6 is 11.8 Å². The number of ether oxygens (including phenoxy) is 1. The Morgan fingerprint density at radius 1 is 1.36 bits per heavy atom. The predicted molar refractivity (Wildman–Crippen MR) is 103 cm³/mol. The third kappa shape index (κ3) is 4.80. The zero-order chi connectivity index (χ0) is 19.9. The van der Waals surface area contributed by atoms with Crippen molar-refractivity contribution in [2.45, 2.75) is 30.3 Å². The lowest BCUT2D eigenvalue weighted by Crippen LogP contribution is -2.14. The van der Waals surface area contributed by atoms with Crippen LogP contribution in [0.2, 0.25) is 0 Å². The van der Waals surface area contributed by atoms with E-state index in [1.54, 1.807) is 31.6 Å². The summed E-state index contributed by atoms with van der Waals surface area (Å²) < 4.78 is 12.7. The summed E-state index contributed by atoms with van der Waals surface area (Å²) in [6.07, 6.45) is 2.99. The molecule has 0 fully saturated rings. The predicted octanol–water partition coefficient (Wildman–Crippen LogP) is 2.45. The molecule has 0 aliphatic rings. The van der Waals surface area contributed by atoms with Crippen molar-refractivity contribution in [1.82, 2.24) is 14.8 Å².